The lowest BCUT2D eigenvalue weighted by atomic mass is 9.86. The molecule has 1 aliphatic rings. The van der Waals surface area contributed by atoms with Crippen molar-refractivity contribution in [1.82, 2.24) is 10.3 Å². The molecule has 4 heteroatoms. The SMILES string of the molecule is O=C(NCCc1ccccc1F)C1CCc2[nH]c3ccccc3c2C1. The van der Waals surface area contributed by atoms with Crippen LogP contribution in [0.25, 0.3) is 10.9 Å². The Labute approximate surface area is 146 Å². The molecule has 0 fully saturated rings. The number of hydrogen-bond acceptors (Lipinski definition) is 1. The van der Waals surface area contributed by atoms with E-state index in [2.05, 4.69) is 22.4 Å². The second-order valence-electron chi connectivity index (χ2n) is 6.70. The second kappa shape index (κ2) is 6.71. The van der Waals surface area contributed by atoms with Crippen LogP contribution in [-0.4, -0.2) is 17.4 Å². The predicted octanol–water partition coefficient (Wildman–Crippen LogP) is 3.77. The van der Waals surface area contributed by atoms with Crippen LogP contribution in [0.5, 0.6) is 0 Å². The fraction of sp³-hybridized carbons (Fsp3) is 0.286. The monoisotopic (exact) mass is 336 g/mol. The fourth-order valence-electron chi connectivity index (χ4n) is 3.76. The largest absolute Gasteiger partial charge is 0.358 e. The Balaban J connectivity index is 1.39. The molecule has 3 aromatic rings. The number of hydrogen-bond donors (Lipinski definition) is 2. The molecule has 1 unspecified atom stereocenters. The first kappa shape index (κ1) is 15.9. The zero-order valence-electron chi connectivity index (χ0n) is 14.0. The summed E-state index contributed by atoms with van der Waals surface area (Å²) in [5.74, 6) is -0.141. The van der Waals surface area contributed by atoms with Crippen molar-refractivity contribution in [3.8, 4) is 0 Å². The van der Waals surface area contributed by atoms with Gasteiger partial charge in [0.15, 0.2) is 0 Å². The van der Waals surface area contributed by atoms with Gasteiger partial charge in [-0.3, -0.25) is 4.79 Å². The highest BCUT2D eigenvalue weighted by molar-refractivity contribution is 5.87. The van der Waals surface area contributed by atoms with Crippen LogP contribution in [0.4, 0.5) is 4.39 Å². The smallest absolute Gasteiger partial charge is 0.223 e. The van der Waals surface area contributed by atoms with Crippen LogP contribution < -0.4 is 5.32 Å². The Morgan fingerprint density at radius 1 is 1.16 bits per heavy atom. The van der Waals surface area contributed by atoms with Gasteiger partial charge >= 0.3 is 0 Å². The van der Waals surface area contributed by atoms with Crippen molar-refractivity contribution in [2.75, 3.05) is 6.54 Å². The van der Waals surface area contributed by atoms with E-state index in [0.29, 0.717) is 18.5 Å². The number of benzene rings is 2. The zero-order chi connectivity index (χ0) is 17.2. The molecule has 0 saturated carbocycles. The van der Waals surface area contributed by atoms with E-state index in [1.54, 1.807) is 12.1 Å². The summed E-state index contributed by atoms with van der Waals surface area (Å²) in [6, 6.07) is 15.0. The number of amides is 1. The van der Waals surface area contributed by atoms with Gasteiger partial charge in [-0.2, -0.15) is 0 Å². The van der Waals surface area contributed by atoms with Crippen molar-refractivity contribution in [3.63, 3.8) is 0 Å². The van der Waals surface area contributed by atoms with Crippen molar-refractivity contribution in [1.29, 1.82) is 0 Å². The minimum atomic E-state index is -0.210. The molecule has 2 N–H and O–H groups in total. The molecule has 3 nitrogen and oxygen atoms in total. The number of carbonyl (C=O) groups is 1. The maximum Gasteiger partial charge on any atom is 0.223 e. The molecular formula is C21H21FN2O. The molecule has 0 radical (unpaired) electrons. The quantitative estimate of drug-likeness (QED) is 0.748. The van der Waals surface area contributed by atoms with Crippen molar-refractivity contribution >= 4 is 16.8 Å². The maximum absolute atomic E-state index is 13.6. The minimum Gasteiger partial charge on any atom is -0.358 e. The number of H-pyrrole nitrogens is 1. The number of aromatic amines is 1. The number of carbonyl (C=O) groups excluding carboxylic acids is 1. The molecule has 0 saturated heterocycles. The summed E-state index contributed by atoms with van der Waals surface area (Å²) in [6.45, 7) is 0.469. The molecule has 0 bridgehead atoms. The molecule has 1 atom stereocenters. The highest BCUT2D eigenvalue weighted by Crippen LogP contribution is 2.31. The summed E-state index contributed by atoms with van der Waals surface area (Å²) < 4.78 is 13.6. The third-order valence-electron chi connectivity index (χ3n) is 5.12. The van der Waals surface area contributed by atoms with Crippen LogP contribution in [0.2, 0.25) is 0 Å². The van der Waals surface area contributed by atoms with Gasteiger partial charge in [-0.05, 0) is 48.9 Å². The van der Waals surface area contributed by atoms with Crippen LogP contribution in [-0.2, 0) is 24.1 Å². The Hall–Kier alpha value is -2.62. The van der Waals surface area contributed by atoms with Crippen molar-refractivity contribution in [2.45, 2.75) is 25.7 Å². The van der Waals surface area contributed by atoms with Gasteiger partial charge in [0.05, 0.1) is 0 Å². The lowest BCUT2D eigenvalue weighted by Crippen LogP contribution is -2.35. The van der Waals surface area contributed by atoms with Gasteiger partial charge < -0.3 is 10.3 Å². The second-order valence-corrected chi connectivity index (χ2v) is 6.70. The summed E-state index contributed by atoms with van der Waals surface area (Å²) in [5.41, 5.74) is 4.33. The van der Waals surface area contributed by atoms with Crippen molar-refractivity contribution in [3.05, 3.63) is 71.2 Å². The molecule has 128 valence electrons. The van der Waals surface area contributed by atoms with Gasteiger partial charge in [-0.25, -0.2) is 4.39 Å². The highest BCUT2D eigenvalue weighted by Gasteiger charge is 2.27. The number of nitrogens with one attached hydrogen (secondary N) is 2. The summed E-state index contributed by atoms with van der Waals surface area (Å²) >= 11 is 0. The topological polar surface area (TPSA) is 44.9 Å². The molecule has 1 aliphatic carbocycles. The van der Waals surface area contributed by atoms with E-state index in [1.807, 2.05) is 18.2 Å². The van der Waals surface area contributed by atoms with Gasteiger partial charge in [0.1, 0.15) is 5.82 Å². The number of para-hydroxylation sites is 1. The third kappa shape index (κ3) is 3.16. The van der Waals surface area contributed by atoms with Crippen molar-refractivity contribution in [2.24, 2.45) is 5.92 Å². The zero-order valence-corrected chi connectivity index (χ0v) is 14.0. The Kier molecular flexibility index (Phi) is 4.26. The normalized spacial score (nSPS) is 16.6. The fourth-order valence-corrected chi connectivity index (χ4v) is 3.76. The van der Waals surface area contributed by atoms with Crippen LogP contribution in [0.3, 0.4) is 0 Å². The van der Waals surface area contributed by atoms with E-state index < -0.39 is 0 Å². The van der Waals surface area contributed by atoms with Gasteiger partial charge in [0.25, 0.3) is 0 Å². The Bertz CT molecular complexity index is 915. The molecule has 1 heterocycles. The highest BCUT2D eigenvalue weighted by atomic mass is 19.1. The summed E-state index contributed by atoms with van der Waals surface area (Å²) in [6.07, 6.45) is 3.04. The van der Waals surface area contributed by atoms with Crippen LogP contribution in [0, 0.1) is 11.7 Å². The van der Waals surface area contributed by atoms with Crippen LogP contribution in [0.15, 0.2) is 48.5 Å². The van der Waals surface area contributed by atoms with Gasteiger partial charge in [0.2, 0.25) is 5.91 Å². The standard InChI is InChI=1S/C21H21FN2O/c22-18-7-3-1-5-14(18)11-12-23-21(25)15-9-10-20-17(13-15)16-6-2-4-8-19(16)24-20/h1-8,15,24H,9-13H2,(H,23,25). The average molecular weight is 336 g/mol. The van der Waals surface area contributed by atoms with Crippen LogP contribution >= 0.6 is 0 Å². The molecule has 2 aromatic carbocycles. The van der Waals surface area contributed by atoms with E-state index >= 15 is 0 Å². The van der Waals surface area contributed by atoms with E-state index in [-0.39, 0.29) is 17.6 Å². The van der Waals surface area contributed by atoms with E-state index in [9.17, 15) is 9.18 Å². The number of aryl methyl sites for hydroxylation is 1. The molecule has 0 aliphatic heterocycles. The number of aromatic nitrogens is 1. The van der Waals surface area contributed by atoms with Gasteiger partial charge in [-0.15, -0.1) is 0 Å². The Morgan fingerprint density at radius 2 is 1.96 bits per heavy atom. The molecule has 0 spiro atoms. The minimum absolute atomic E-state index is 0.00711. The summed E-state index contributed by atoms with van der Waals surface area (Å²) in [7, 11) is 0. The molecular weight excluding hydrogens is 315 g/mol. The van der Waals surface area contributed by atoms with Crippen LogP contribution in [0.1, 0.15) is 23.2 Å². The molecule has 4 rings (SSSR count). The number of fused-ring (bicyclic) bond motifs is 3. The first-order valence-corrected chi connectivity index (χ1v) is 8.82. The first-order valence-electron chi connectivity index (χ1n) is 8.82. The third-order valence-corrected chi connectivity index (χ3v) is 5.12. The lowest BCUT2D eigenvalue weighted by Gasteiger charge is -2.22. The molecule has 1 amide bonds. The number of halogens is 1. The number of rotatable bonds is 4. The van der Waals surface area contributed by atoms with E-state index in [4.69, 9.17) is 0 Å². The van der Waals surface area contributed by atoms with Crippen molar-refractivity contribution < 1.29 is 9.18 Å². The first-order chi connectivity index (χ1) is 12.2. The summed E-state index contributed by atoms with van der Waals surface area (Å²) in [4.78, 5) is 16.0. The Morgan fingerprint density at radius 3 is 2.84 bits per heavy atom. The molecule has 25 heavy (non-hydrogen) atoms. The van der Waals surface area contributed by atoms with E-state index in [1.165, 1.54) is 22.7 Å². The maximum atomic E-state index is 13.6. The summed E-state index contributed by atoms with van der Waals surface area (Å²) in [5, 5.41) is 4.21. The predicted molar refractivity (Wildman–Crippen MR) is 96.9 cm³/mol. The average Bonchev–Trinajstić information content (AvgIpc) is 3.01. The molecule has 1 aromatic heterocycles. The van der Waals surface area contributed by atoms with E-state index in [0.717, 1.165) is 24.8 Å². The lowest BCUT2D eigenvalue weighted by molar-refractivity contribution is -0.125. The van der Waals surface area contributed by atoms with Gasteiger partial charge in [-0.1, -0.05) is 36.4 Å². The van der Waals surface area contributed by atoms with Gasteiger partial charge in [0, 0.05) is 29.1 Å².